The lowest BCUT2D eigenvalue weighted by Gasteiger charge is -2.18. The Kier molecular flexibility index (Phi) is 7.82. The second-order valence-corrected chi connectivity index (χ2v) is 10.9. The van der Waals surface area contributed by atoms with Crippen LogP contribution in [0.25, 0.3) is 27.9 Å². The number of alkyl halides is 1. The van der Waals surface area contributed by atoms with Crippen LogP contribution in [0.5, 0.6) is 0 Å². The van der Waals surface area contributed by atoms with Crippen molar-refractivity contribution >= 4 is 34.4 Å². The Balaban J connectivity index is 1.32. The number of halogens is 2. The van der Waals surface area contributed by atoms with E-state index >= 15 is 0 Å². The Morgan fingerprint density at radius 2 is 1.98 bits per heavy atom. The number of rotatable bonds is 9. The molecular weight excluding hydrogens is 654 g/mol. The van der Waals surface area contributed by atoms with Gasteiger partial charge in [-0.15, -0.1) is 5.10 Å². The molecule has 1 atom stereocenters. The number of methoxy groups -OCH3 is 1. The fourth-order valence-corrected chi connectivity index (χ4v) is 5.50. The first-order valence-electron chi connectivity index (χ1n) is 13.3. The Morgan fingerprint density at radius 3 is 2.64 bits per heavy atom. The molecule has 1 unspecified atom stereocenters. The van der Waals surface area contributed by atoms with Gasteiger partial charge in [-0.3, -0.25) is 10.00 Å². The number of tetrazole rings is 1. The molecule has 0 spiro atoms. The van der Waals surface area contributed by atoms with Gasteiger partial charge in [0.25, 0.3) is 0 Å². The quantitative estimate of drug-likeness (QED) is 0.0948. The van der Waals surface area contributed by atoms with E-state index in [2.05, 4.69) is 53.3 Å². The summed E-state index contributed by atoms with van der Waals surface area (Å²) in [5.41, 5.74) is 5.12. The van der Waals surface area contributed by atoms with E-state index in [9.17, 15) is 14.4 Å². The number of benzene rings is 2. The predicted octanol–water partition coefficient (Wildman–Crippen LogP) is 5.47. The van der Waals surface area contributed by atoms with Crippen LogP contribution < -0.4 is 10.0 Å². The number of nitrogens with zero attached hydrogens (tertiary/aromatic N) is 7. The van der Waals surface area contributed by atoms with E-state index in [-0.39, 0.29) is 11.9 Å². The maximum atomic E-state index is 14.9. The summed E-state index contributed by atoms with van der Waals surface area (Å²) in [6, 6.07) is 13.8. The second kappa shape index (κ2) is 11.8. The lowest BCUT2D eigenvalue weighted by Crippen LogP contribution is -2.35. The summed E-state index contributed by atoms with van der Waals surface area (Å²) in [4.78, 5) is 11.5. The van der Waals surface area contributed by atoms with Crippen LogP contribution in [0, 0.1) is 16.9 Å². The number of pyridine rings is 1. The third kappa shape index (κ3) is 5.82. The van der Waals surface area contributed by atoms with E-state index in [0.29, 0.717) is 44.1 Å². The molecule has 0 radical (unpaired) electrons. The van der Waals surface area contributed by atoms with Crippen molar-refractivity contribution in [1.29, 1.82) is 0 Å². The standard InChI is InChI=1S/C29H26FIN8O3/c1-42-29(40)34-23-7-4-19(5-8-23)22-14-33-37(15-22)28(10-18-2-3-18)26-9-6-20(16-39(26)41)24-12-25(30)21(13-31)11-27(24)38-17-32-35-36-38/h4-9,11-12,14-18,28H,2-3,10,13H2,1H3,(H,34,40). The lowest BCUT2D eigenvalue weighted by molar-refractivity contribution is -0.615. The summed E-state index contributed by atoms with van der Waals surface area (Å²) < 4.78 is 24.2. The number of ether oxygens (including phenoxy) is 1. The topological polar surface area (TPSA) is 127 Å². The van der Waals surface area contributed by atoms with Crippen molar-refractivity contribution in [3.05, 3.63) is 95.7 Å². The molecule has 1 N–H and O–H groups in total. The number of carbonyl (C=O) groups is 1. The first-order valence-corrected chi connectivity index (χ1v) is 14.8. The van der Waals surface area contributed by atoms with Crippen molar-refractivity contribution in [2.75, 3.05) is 12.4 Å². The molecule has 13 heteroatoms. The molecular formula is C29H26FIN8O3. The molecule has 0 aliphatic heterocycles. The van der Waals surface area contributed by atoms with Crippen LogP contribution in [0.4, 0.5) is 14.9 Å². The van der Waals surface area contributed by atoms with Crippen LogP contribution in [0.1, 0.15) is 36.6 Å². The number of anilines is 1. The van der Waals surface area contributed by atoms with Crippen LogP contribution in [0.2, 0.25) is 0 Å². The van der Waals surface area contributed by atoms with Gasteiger partial charge >= 0.3 is 6.09 Å². The van der Waals surface area contributed by atoms with Gasteiger partial charge in [-0.2, -0.15) is 14.5 Å². The molecule has 1 fully saturated rings. The fraction of sp³-hybridized carbons (Fsp3) is 0.241. The number of carbonyl (C=O) groups excluding carboxylic acids is 1. The van der Waals surface area contributed by atoms with Gasteiger partial charge in [-0.05, 0) is 64.2 Å². The Hall–Kier alpha value is -4.40. The molecule has 6 rings (SSSR count). The molecule has 2 aromatic carbocycles. The minimum Gasteiger partial charge on any atom is -0.618 e. The first-order chi connectivity index (χ1) is 20.4. The fourth-order valence-electron chi connectivity index (χ4n) is 4.92. The van der Waals surface area contributed by atoms with Crippen molar-refractivity contribution in [2.45, 2.75) is 29.7 Å². The maximum Gasteiger partial charge on any atom is 0.411 e. The molecule has 214 valence electrons. The summed E-state index contributed by atoms with van der Waals surface area (Å²) in [7, 11) is 1.31. The van der Waals surface area contributed by atoms with E-state index in [4.69, 9.17) is 0 Å². The molecule has 3 aromatic heterocycles. The molecule has 1 amide bonds. The van der Waals surface area contributed by atoms with Crippen molar-refractivity contribution in [2.24, 2.45) is 5.92 Å². The van der Waals surface area contributed by atoms with E-state index in [1.54, 1.807) is 30.5 Å². The van der Waals surface area contributed by atoms with Gasteiger partial charge in [0.05, 0.1) is 19.0 Å². The summed E-state index contributed by atoms with van der Waals surface area (Å²) in [6.45, 7) is 0. The molecule has 0 bridgehead atoms. The number of nitrogens with one attached hydrogen (secondary N) is 1. The van der Waals surface area contributed by atoms with Crippen LogP contribution in [-0.4, -0.2) is 43.2 Å². The average Bonchev–Trinajstić information content (AvgIpc) is 3.42. The maximum absolute atomic E-state index is 14.9. The minimum absolute atomic E-state index is 0.282. The zero-order valence-electron chi connectivity index (χ0n) is 22.5. The molecule has 0 saturated heterocycles. The van der Waals surface area contributed by atoms with Crippen LogP contribution in [0.3, 0.4) is 0 Å². The third-order valence-corrected chi connectivity index (χ3v) is 8.15. The zero-order chi connectivity index (χ0) is 29.2. The smallest absolute Gasteiger partial charge is 0.411 e. The number of amides is 1. The number of hydrogen-bond acceptors (Lipinski definition) is 7. The highest BCUT2D eigenvalue weighted by molar-refractivity contribution is 14.1. The molecule has 3 heterocycles. The molecule has 1 aliphatic rings. The SMILES string of the molecule is COC(=O)Nc1ccc(-c2cnn(C(CC3CC3)c3ccc(-c4cc(F)c(CI)cc4-n4cnnn4)c[n+]3[O-])c2)cc1. The first kappa shape index (κ1) is 27.8. The lowest BCUT2D eigenvalue weighted by atomic mass is 10.0. The highest BCUT2D eigenvalue weighted by atomic mass is 127. The zero-order valence-corrected chi connectivity index (χ0v) is 24.7. The van der Waals surface area contributed by atoms with Crippen LogP contribution in [-0.2, 0) is 9.16 Å². The highest BCUT2D eigenvalue weighted by Crippen LogP contribution is 2.39. The Morgan fingerprint density at radius 1 is 1.19 bits per heavy atom. The van der Waals surface area contributed by atoms with Gasteiger partial charge < -0.3 is 9.94 Å². The van der Waals surface area contributed by atoms with E-state index < -0.39 is 6.09 Å². The van der Waals surface area contributed by atoms with E-state index in [1.807, 2.05) is 29.1 Å². The van der Waals surface area contributed by atoms with E-state index in [0.717, 1.165) is 35.1 Å². The molecule has 5 aromatic rings. The Bertz CT molecular complexity index is 1720. The highest BCUT2D eigenvalue weighted by Gasteiger charge is 2.32. The number of hydrogen-bond donors (Lipinski definition) is 1. The molecule has 1 aliphatic carbocycles. The molecule has 1 saturated carbocycles. The van der Waals surface area contributed by atoms with Crippen molar-refractivity contribution in [1.82, 2.24) is 30.0 Å². The van der Waals surface area contributed by atoms with Gasteiger partial charge in [0, 0.05) is 39.1 Å². The monoisotopic (exact) mass is 680 g/mol. The summed E-state index contributed by atoms with van der Waals surface area (Å²) in [5, 5.41) is 32.2. The average molecular weight is 680 g/mol. The largest absolute Gasteiger partial charge is 0.618 e. The summed E-state index contributed by atoms with van der Waals surface area (Å²) in [5.74, 6) is 0.162. The summed E-state index contributed by atoms with van der Waals surface area (Å²) >= 11 is 2.11. The predicted molar refractivity (Wildman–Crippen MR) is 160 cm³/mol. The normalized spacial score (nSPS) is 13.6. The third-order valence-electron chi connectivity index (χ3n) is 7.33. The summed E-state index contributed by atoms with van der Waals surface area (Å²) in [6.07, 6.45) is 9.09. The van der Waals surface area contributed by atoms with Gasteiger partial charge in [0.2, 0.25) is 5.69 Å². The van der Waals surface area contributed by atoms with E-state index in [1.165, 1.54) is 30.4 Å². The Labute approximate surface area is 254 Å². The van der Waals surface area contributed by atoms with Crippen molar-refractivity contribution < 1.29 is 18.7 Å². The second-order valence-electron chi connectivity index (χ2n) is 10.1. The van der Waals surface area contributed by atoms with Crippen LogP contribution >= 0.6 is 22.6 Å². The van der Waals surface area contributed by atoms with Gasteiger partial charge in [-0.25, -0.2) is 9.18 Å². The molecule has 11 nitrogen and oxygen atoms in total. The number of aromatic nitrogens is 7. The molecule has 42 heavy (non-hydrogen) atoms. The van der Waals surface area contributed by atoms with Crippen molar-refractivity contribution in [3.63, 3.8) is 0 Å². The van der Waals surface area contributed by atoms with Gasteiger partial charge in [-0.1, -0.05) is 47.6 Å². The van der Waals surface area contributed by atoms with Gasteiger partial charge in [0.1, 0.15) is 18.2 Å². The van der Waals surface area contributed by atoms with Crippen LogP contribution in [0.15, 0.2) is 73.4 Å². The minimum atomic E-state index is -0.537. The van der Waals surface area contributed by atoms with Gasteiger partial charge in [0.15, 0.2) is 6.20 Å². The van der Waals surface area contributed by atoms with Crippen molar-refractivity contribution in [3.8, 4) is 27.9 Å².